The number of hydrogen-bond donors (Lipinski definition) is 2. The summed E-state index contributed by atoms with van der Waals surface area (Å²) in [6.07, 6.45) is 1.49. The molecule has 6 heteroatoms. The molecule has 0 saturated carbocycles. The van der Waals surface area contributed by atoms with Gasteiger partial charge in [-0.05, 0) is 40.2 Å². The van der Waals surface area contributed by atoms with Crippen LogP contribution >= 0.6 is 15.9 Å². The number of benzene rings is 1. The van der Waals surface area contributed by atoms with Crippen molar-refractivity contribution >= 4 is 33.5 Å². The molecule has 0 saturated heterocycles. The summed E-state index contributed by atoms with van der Waals surface area (Å²) in [5.41, 5.74) is 0.693. The van der Waals surface area contributed by atoms with Crippen molar-refractivity contribution < 1.29 is 14.7 Å². The van der Waals surface area contributed by atoms with Crippen LogP contribution in [-0.2, 0) is 0 Å². The Hall–Kier alpha value is -2.21. The Bertz CT molecular complexity index is 643. The van der Waals surface area contributed by atoms with E-state index < -0.39 is 11.9 Å². The standard InChI is InChI=1S/C13H9BrN2O3/c14-11-7-8(5-6-15-11)12(17)16-10-4-2-1-3-9(10)13(18)19/h1-7H,(H,16,17)(H,18,19). The van der Waals surface area contributed by atoms with Gasteiger partial charge in [0.15, 0.2) is 0 Å². The Labute approximate surface area is 117 Å². The number of carboxylic acid groups (broad SMARTS) is 1. The van der Waals surface area contributed by atoms with Crippen molar-refractivity contribution in [1.82, 2.24) is 4.98 Å². The highest BCUT2D eigenvalue weighted by Crippen LogP contribution is 2.17. The van der Waals surface area contributed by atoms with E-state index in [1.807, 2.05) is 0 Å². The summed E-state index contributed by atoms with van der Waals surface area (Å²) in [7, 11) is 0. The third-order valence-electron chi connectivity index (χ3n) is 2.39. The highest BCUT2D eigenvalue weighted by molar-refractivity contribution is 9.10. The minimum atomic E-state index is -1.09. The highest BCUT2D eigenvalue weighted by atomic mass is 79.9. The van der Waals surface area contributed by atoms with Gasteiger partial charge in [-0.3, -0.25) is 4.79 Å². The van der Waals surface area contributed by atoms with Crippen LogP contribution < -0.4 is 5.32 Å². The van der Waals surface area contributed by atoms with Crippen LogP contribution in [0, 0.1) is 0 Å². The molecule has 5 nitrogen and oxygen atoms in total. The predicted octanol–water partition coefficient (Wildman–Crippen LogP) is 2.79. The highest BCUT2D eigenvalue weighted by Gasteiger charge is 2.13. The first-order valence-electron chi connectivity index (χ1n) is 5.33. The van der Waals surface area contributed by atoms with Gasteiger partial charge >= 0.3 is 5.97 Å². The van der Waals surface area contributed by atoms with E-state index >= 15 is 0 Å². The number of carbonyl (C=O) groups is 2. The molecule has 0 aliphatic carbocycles. The van der Waals surface area contributed by atoms with Crippen LogP contribution in [0.4, 0.5) is 5.69 Å². The molecular weight excluding hydrogens is 312 g/mol. The zero-order valence-electron chi connectivity index (χ0n) is 9.63. The first-order chi connectivity index (χ1) is 9.08. The smallest absolute Gasteiger partial charge is 0.337 e. The summed E-state index contributed by atoms with van der Waals surface area (Å²) in [6, 6.07) is 9.33. The van der Waals surface area contributed by atoms with E-state index in [0.29, 0.717) is 10.2 Å². The number of anilines is 1. The molecule has 0 spiro atoms. The van der Waals surface area contributed by atoms with Crippen LogP contribution in [0.5, 0.6) is 0 Å². The van der Waals surface area contributed by atoms with E-state index in [9.17, 15) is 9.59 Å². The predicted molar refractivity (Wildman–Crippen MR) is 73.3 cm³/mol. The lowest BCUT2D eigenvalue weighted by atomic mass is 10.1. The molecule has 2 N–H and O–H groups in total. The average Bonchev–Trinajstić information content (AvgIpc) is 2.39. The van der Waals surface area contributed by atoms with Crippen LogP contribution in [0.3, 0.4) is 0 Å². The molecule has 0 aliphatic heterocycles. The Balaban J connectivity index is 2.27. The third kappa shape index (κ3) is 3.17. The molecule has 2 aromatic rings. The molecule has 2 rings (SSSR count). The van der Waals surface area contributed by atoms with Gasteiger partial charge in [-0.15, -0.1) is 0 Å². The van der Waals surface area contributed by atoms with Gasteiger partial charge in [0.2, 0.25) is 0 Å². The first-order valence-corrected chi connectivity index (χ1v) is 6.12. The fourth-order valence-corrected chi connectivity index (χ4v) is 1.88. The number of para-hydroxylation sites is 1. The van der Waals surface area contributed by atoms with E-state index in [0.717, 1.165) is 0 Å². The largest absolute Gasteiger partial charge is 0.478 e. The summed E-state index contributed by atoms with van der Waals surface area (Å²) >= 11 is 3.17. The Morgan fingerprint density at radius 1 is 1.21 bits per heavy atom. The summed E-state index contributed by atoms with van der Waals surface area (Å²) in [5, 5.41) is 11.6. The second-order valence-corrected chi connectivity index (χ2v) is 4.48. The molecular formula is C13H9BrN2O3. The second-order valence-electron chi connectivity index (χ2n) is 3.67. The number of aromatic carboxylic acids is 1. The van der Waals surface area contributed by atoms with Crippen LogP contribution in [-0.4, -0.2) is 22.0 Å². The van der Waals surface area contributed by atoms with Crippen molar-refractivity contribution in [2.45, 2.75) is 0 Å². The number of carboxylic acids is 1. The first kappa shape index (κ1) is 13.2. The number of nitrogens with one attached hydrogen (secondary N) is 1. The van der Waals surface area contributed by atoms with Gasteiger partial charge in [-0.2, -0.15) is 0 Å². The number of aromatic nitrogens is 1. The quantitative estimate of drug-likeness (QED) is 0.852. The van der Waals surface area contributed by atoms with Crippen LogP contribution in [0.15, 0.2) is 47.2 Å². The molecule has 1 aromatic heterocycles. The zero-order chi connectivity index (χ0) is 13.8. The Morgan fingerprint density at radius 3 is 2.63 bits per heavy atom. The SMILES string of the molecule is O=C(Nc1ccccc1C(=O)O)c1ccnc(Br)c1. The third-order valence-corrected chi connectivity index (χ3v) is 2.83. The van der Waals surface area contributed by atoms with Crippen molar-refractivity contribution in [2.75, 3.05) is 5.32 Å². The maximum Gasteiger partial charge on any atom is 0.337 e. The molecule has 0 aliphatic rings. The summed E-state index contributed by atoms with van der Waals surface area (Å²) in [6.45, 7) is 0. The van der Waals surface area contributed by atoms with Gasteiger partial charge in [0.25, 0.3) is 5.91 Å². The number of hydrogen-bond acceptors (Lipinski definition) is 3. The number of amides is 1. The van der Waals surface area contributed by atoms with Gasteiger partial charge in [0, 0.05) is 11.8 Å². The minimum Gasteiger partial charge on any atom is -0.478 e. The van der Waals surface area contributed by atoms with Crippen molar-refractivity contribution in [3.63, 3.8) is 0 Å². The number of pyridine rings is 1. The van der Waals surface area contributed by atoms with Gasteiger partial charge in [-0.25, -0.2) is 9.78 Å². The molecule has 1 aromatic carbocycles. The molecule has 0 unspecified atom stereocenters. The van der Waals surface area contributed by atoms with Crippen LogP contribution in [0.1, 0.15) is 20.7 Å². The average molecular weight is 321 g/mol. The summed E-state index contributed by atoms with van der Waals surface area (Å²) in [5.74, 6) is -1.48. The molecule has 1 heterocycles. The zero-order valence-corrected chi connectivity index (χ0v) is 11.2. The van der Waals surface area contributed by atoms with Crippen molar-refractivity contribution in [3.05, 3.63) is 58.3 Å². The van der Waals surface area contributed by atoms with Gasteiger partial charge in [0.1, 0.15) is 4.60 Å². The molecule has 96 valence electrons. The van der Waals surface area contributed by atoms with Crippen LogP contribution in [0.25, 0.3) is 0 Å². The van der Waals surface area contributed by atoms with Crippen molar-refractivity contribution in [3.8, 4) is 0 Å². The molecule has 0 radical (unpaired) electrons. The van der Waals surface area contributed by atoms with E-state index in [-0.39, 0.29) is 11.3 Å². The fourth-order valence-electron chi connectivity index (χ4n) is 1.52. The number of halogens is 1. The van der Waals surface area contributed by atoms with E-state index in [4.69, 9.17) is 5.11 Å². The van der Waals surface area contributed by atoms with Crippen LogP contribution in [0.2, 0.25) is 0 Å². The number of carbonyl (C=O) groups excluding carboxylic acids is 1. The monoisotopic (exact) mass is 320 g/mol. The fraction of sp³-hybridized carbons (Fsp3) is 0. The molecule has 0 bridgehead atoms. The summed E-state index contributed by atoms with van der Waals surface area (Å²) < 4.78 is 0.534. The second kappa shape index (κ2) is 5.62. The number of rotatable bonds is 3. The molecule has 19 heavy (non-hydrogen) atoms. The number of nitrogens with zero attached hydrogens (tertiary/aromatic N) is 1. The maximum atomic E-state index is 12.0. The van der Waals surface area contributed by atoms with Crippen molar-refractivity contribution in [1.29, 1.82) is 0 Å². The van der Waals surface area contributed by atoms with E-state index in [1.165, 1.54) is 18.3 Å². The maximum absolute atomic E-state index is 12.0. The van der Waals surface area contributed by atoms with E-state index in [2.05, 4.69) is 26.2 Å². The normalized spacial score (nSPS) is 9.95. The molecule has 0 fully saturated rings. The lowest BCUT2D eigenvalue weighted by Gasteiger charge is -2.08. The molecule has 0 atom stereocenters. The van der Waals surface area contributed by atoms with Gasteiger partial charge < -0.3 is 10.4 Å². The lowest BCUT2D eigenvalue weighted by Crippen LogP contribution is -2.14. The summed E-state index contributed by atoms with van der Waals surface area (Å²) in [4.78, 5) is 26.9. The Kier molecular flexibility index (Phi) is 3.91. The van der Waals surface area contributed by atoms with Crippen molar-refractivity contribution in [2.24, 2.45) is 0 Å². The molecule has 1 amide bonds. The minimum absolute atomic E-state index is 0.0453. The van der Waals surface area contributed by atoms with E-state index in [1.54, 1.807) is 24.3 Å². The van der Waals surface area contributed by atoms with Gasteiger partial charge in [-0.1, -0.05) is 12.1 Å². The van der Waals surface area contributed by atoms with Gasteiger partial charge in [0.05, 0.1) is 11.3 Å². The topological polar surface area (TPSA) is 79.3 Å². The Morgan fingerprint density at radius 2 is 1.95 bits per heavy atom. The lowest BCUT2D eigenvalue weighted by molar-refractivity contribution is 0.0698.